The second-order valence-corrected chi connectivity index (χ2v) is 5.09. The predicted molar refractivity (Wildman–Crippen MR) is 60.7 cm³/mol. The zero-order valence-electron chi connectivity index (χ0n) is 8.93. The quantitative estimate of drug-likeness (QED) is 0.653. The Balaban J connectivity index is 2.42. The summed E-state index contributed by atoms with van der Waals surface area (Å²) in [6, 6.07) is 3.83. The highest BCUT2D eigenvalue weighted by molar-refractivity contribution is 8.00. The lowest BCUT2D eigenvalue weighted by Gasteiger charge is -2.23. The maximum absolute atomic E-state index is 12.6. The summed E-state index contributed by atoms with van der Waals surface area (Å²) >= 11 is 0.887. The molecule has 0 radical (unpaired) electrons. The van der Waals surface area contributed by atoms with Crippen molar-refractivity contribution in [1.82, 2.24) is 0 Å². The van der Waals surface area contributed by atoms with E-state index in [0.717, 1.165) is 33.3 Å². The van der Waals surface area contributed by atoms with E-state index < -0.39 is 11.4 Å². The lowest BCUT2D eigenvalue weighted by molar-refractivity contribution is -0.119. The minimum Gasteiger partial charge on any atom is -0.169 e. The van der Waals surface area contributed by atoms with Crippen LogP contribution >= 0.6 is 11.8 Å². The summed E-state index contributed by atoms with van der Waals surface area (Å²) in [6.45, 7) is 3.80. The third-order valence-electron chi connectivity index (χ3n) is 2.47. The number of aryl methyl sites for hydroxylation is 2. The molecule has 0 saturated heterocycles. The molecule has 1 aliphatic rings. The van der Waals surface area contributed by atoms with Crippen LogP contribution < -0.4 is 0 Å². The molecule has 0 amide bonds. The van der Waals surface area contributed by atoms with E-state index >= 15 is 0 Å². The first-order valence-corrected chi connectivity index (χ1v) is 5.79. The van der Waals surface area contributed by atoms with Gasteiger partial charge >= 0.3 is 6.18 Å². The van der Waals surface area contributed by atoms with Gasteiger partial charge in [-0.2, -0.15) is 13.2 Å². The van der Waals surface area contributed by atoms with Crippen molar-refractivity contribution in [3.8, 4) is 0 Å². The lowest BCUT2D eigenvalue weighted by Crippen LogP contribution is -2.24. The molecular weight excluding hydrogens is 233 g/mol. The van der Waals surface area contributed by atoms with Crippen LogP contribution in [-0.4, -0.2) is 11.4 Å². The van der Waals surface area contributed by atoms with Crippen molar-refractivity contribution in [3.63, 3.8) is 0 Å². The Bertz CT molecular complexity index is 446. The molecule has 0 fully saturated rings. The Morgan fingerprint density at radius 3 is 2.50 bits per heavy atom. The summed E-state index contributed by atoms with van der Waals surface area (Å²) in [4.78, 5) is 0.746. The van der Waals surface area contributed by atoms with Gasteiger partial charge in [-0.05, 0) is 25.0 Å². The first-order valence-electron chi connectivity index (χ1n) is 4.91. The molecule has 1 unspecified atom stereocenters. The fraction of sp³-hybridized carbons (Fsp3) is 0.333. The largest absolute Gasteiger partial charge is 0.404 e. The zero-order chi connectivity index (χ0) is 11.9. The first kappa shape index (κ1) is 11.6. The zero-order valence-corrected chi connectivity index (χ0v) is 9.75. The minimum atomic E-state index is -4.17. The van der Waals surface area contributed by atoms with Crippen LogP contribution in [0.4, 0.5) is 13.2 Å². The molecule has 1 atom stereocenters. The molecular formula is C12H11F3S. The summed E-state index contributed by atoms with van der Waals surface area (Å²) in [5.74, 6) is 0. The third kappa shape index (κ3) is 2.12. The van der Waals surface area contributed by atoms with E-state index in [0.29, 0.717) is 0 Å². The second-order valence-electron chi connectivity index (χ2n) is 3.94. The summed E-state index contributed by atoms with van der Waals surface area (Å²) in [5, 5.41) is -1.42. The molecule has 1 aromatic carbocycles. The van der Waals surface area contributed by atoms with Gasteiger partial charge in [-0.1, -0.05) is 29.8 Å². The van der Waals surface area contributed by atoms with Gasteiger partial charge in [-0.25, -0.2) is 0 Å². The maximum Gasteiger partial charge on any atom is 0.404 e. The highest BCUT2D eigenvalue weighted by Gasteiger charge is 2.40. The van der Waals surface area contributed by atoms with E-state index in [1.54, 1.807) is 6.08 Å². The molecule has 0 nitrogen and oxygen atoms in total. The van der Waals surface area contributed by atoms with Crippen LogP contribution in [-0.2, 0) is 0 Å². The molecule has 1 heterocycles. The number of rotatable bonds is 0. The Labute approximate surface area is 96.5 Å². The van der Waals surface area contributed by atoms with Gasteiger partial charge in [0.05, 0.1) is 0 Å². The van der Waals surface area contributed by atoms with Crippen LogP contribution in [0.15, 0.2) is 23.1 Å². The van der Waals surface area contributed by atoms with Crippen molar-refractivity contribution in [1.29, 1.82) is 0 Å². The summed E-state index contributed by atoms with van der Waals surface area (Å²) < 4.78 is 37.7. The molecule has 2 rings (SSSR count). The fourth-order valence-electron chi connectivity index (χ4n) is 1.81. The summed E-state index contributed by atoms with van der Waals surface area (Å²) in [6.07, 6.45) is -1.37. The van der Waals surface area contributed by atoms with Crippen molar-refractivity contribution in [2.75, 3.05) is 0 Å². The molecule has 4 heteroatoms. The number of alkyl halides is 3. The predicted octanol–water partition coefficient (Wildman–Crippen LogP) is 4.35. The average molecular weight is 244 g/mol. The van der Waals surface area contributed by atoms with Gasteiger partial charge in [0.1, 0.15) is 5.25 Å². The average Bonchev–Trinajstić information content (AvgIpc) is 2.15. The monoisotopic (exact) mass is 244 g/mol. The Morgan fingerprint density at radius 1 is 1.19 bits per heavy atom. The minimum absolute atomic E-state index is 0.746. The van der Waals surface area contributed by atoms with Crippen molar-refractivity contribution >= 4 is 17.8 Å². The van der Waals surface area contributed by atoms with Crippen molar-refractivity contribution in [2.45, 2.75) is 30.2 Å². The molecule has 0 bridgehead atoms. The van der Waals surface area contributed by atoms with Crippen LogP contribution in [0.2, 0.25) is 0 Å². The number of hydrogen-bond donors (Lipinski definition) is 0. The molecule has 16 heavy (non-hydrogen) atoms. The van der Waals surface area contributed by atoms with E-state index in [4.69, 9.17) is 0 Å². The van der Waals surface area contributed by atoms with E-state index in [1.807, 2.05) is 26.0 Å². The van der Waals surface area contributed by atoms with Crippen molar-refractivity contribution < 1.29 is 13.2 Å². The number of fused-ring (bicyclic) bond motifs is 1. The van der Waals surface area contributed by atoms with Gasteiger partial charge in [0.15, 0.2) is 0 Å². The number of halogens is 3. The van der Waals surface area contributed by atoms with Gasteiger partial charge < -0.3 is 0 Å². The molecule has 0 saturated carbocycles. The molecule has 1 aromatic rings. The Hall–Kier alpha value is -0.900. The smallest absolute Gasteiger partial charge is 0.169 e. The van der Waals surface area contributed by atoms with Gasteiger partial charge in [0.2, 0.25) is 0 Å². The number of hydrogen-bond acceptors (Lipinski definition) is 1. The molecule has 0 spiro atoms. The highest BCUT2D eigenvalue weighted by atomic mass is 32.2. The second kappa shape index (κ2) is 3.84. The highest BCUT2D eigenvalue weighted by Crippen LogP contribution is 2.42. The van der Waals surface area contributed by atoms with Crippen LogP contribution in [0.3, 0.4) is 0 Å². The molecule has 0 aromatic heterocycles. The topological polar surface area (TPSA) is 0 Å². The fourth-order valence-corrected chi connectivity index (χ4v) is 2.86. The molecule has 0 N–H and O–H groups in total. The van der Waals surface area contributed by atoms with Crippen molar-refractivity contribution in [3.05, 3.63) is 34.9 Å². The van der Waals surface area contributed by atoms with E-state index in [9.17, 15) is 13.2 Å². The molecule has 1 aliphatic heterocycles. The standard InChI is InChI=1S/C12H11F3S/c1-7-5-8(2)11-9(6-7)3-4-10(16-11)12(13,14)15/h3-6,10H,1-2H3. The number of thioether (sulfide) groups is 1. The summed E-state index contributed by atoms with van der Waals surface area (Å²) in [7, 11) is 0. The van der Waals surface area contributed by atoms with Gasteiger partial charge in [0.25, 0.3) is 0 Å². The van der Waals surface area contributed by atoms with Gasteiger partial charge in [-0.3, -0.25) is 0 Å². The molecule has 0 aliphatic carbocycles. The van der Waals surface area contributed by atoms with Crippen LogP contribution in [0.5, 0.6) is 0 Å². The Morgan fingerprint density at radius 2 is 1.88 bits per heavy atom. The van der Waals surface area contributed by atoms with Crippen LogP contribution in [0, 0.1) is 13.8 Å². The van der Waals surface area contributed by atoms with E-state index in [2.05, 4.69) is 0 Å². The van der Waals surface area contributed by atoms with Crippen LogP contribution in [0.1, 0.15) is 16.7 Å². The molecule has 86 valence electrons. The number of benzene rings is 1. The van der Waals surface area contributed by atoms with Crippen molar-refractivity contribution in [2.24, 2.45) is 0 Å². The first-order chi connectivity index (χ1) is 7.38. The normalized spacial score (nSPS) is 19.7. The van der Waals surface area contributed by atoms with Gasteiger partial charge in [-0.15, -0.1) is 11.8 Å². The lowest BCUT2D eigenvalue weighted by atomic mass is 10.1. The third-order valence-corrected chi connectivity index (χ3v) is 3.94. The summed E-state index contributed by atoms with van der Waals surface area (Å²) in [5.41, 5.74) is 2.88. The van der Waals surface area contributed by atoms with E-state index in [1.165, 1.54) is 6.08 Å². The van der Waals surface area contributed by atoms with E-state index in [-0.39, 0.29) is 0 Å². The SMILES string of the molecule is Cc1cc(C)c2c(c1)C=CC(C(F)(F)F)S2. The Kier molecular flexibility index (Phi) is 2.78. The van der Waals surface area contributed by atoms with Crippen LogP contribution in [0.25, 0.3) is 6.08 Å². The van der Waals surface area contributed by atoms with Gasteiger partial charge in [0, 0.05) is 4.90 Å². The maximum atomic E-state index is 12.6.